The highest BCUT2D eigenvalue weighted by molar-refractivity contribution is 6.53. The summed E-state index contributed by atoms with van der Waals surface area (Å²) in [6, 6.07) is 16.7. The van der Waals surface area contributed by atoms with Crippen LogP contribution in [0.1, 0.15) is 27.0 Å². The maximum Gasteiger partial charge on any atom is 0.343 e. The quantitative estimate of drug-likeness (QED) is 0.270. The van der Waals surface area contributed by atoms with Gasteiger partial charge in [0.1, 0.15) is 16.5 Å². The summed E-state index contributed by atoms with van der Waals surface area (Å²) in [7, 11) is 0. The van der Waals surface area contributed by atoms with Gasteiger partial charge in [-0.25, -0.2) is 9.69 Å². The van der Waals surface area contributed by atoms with Crippen molar-refractivity contribution in [1.29, 1.82) is 0 Å². The average Bonchev–Trinajstić information content (AvgIpc) is 2.99. The molecule has 6 nitrogen and oxygen atoms in total. The highest BCUT2D eigenvalue weighted by Crippen LogP contribution is 2.31. The Hall–Kier alpha value is -3.61. The van der Waals surface area contributed by atoms with Gasteiger partial charge in [-0.1, -0.05) is 29.3 Å². The monoisotopic (exact) mass is 494 g/mol. The lowest BCUT2D eigenvalue weighted by Gasteiger charge is -2.16. The zero-order valence-electron chi connectivity index (χ0n) is 18.6. The van der Waals surface area contributed by atoms with Crippen LogP contribution in [0.25, 0.3) is 0 Å². The fourth-order valence-corrected chi connectivity index (χ4v) is 3.94. The fourth-order valence-electron chi connectivity index (χ4n) is 3.61. The molecule has 172 valence electrons. The van der Waals surface area contributed by atoms with E-state index in [9.17, 15) is 14.4 Å². The van der Waals surface area contributed by atoms with Gasteiger partial charge in [0.15, 0.2) is 0 Å². The zero-order chi connectivity index (χ0) is 24.6. The molecule has 0 unspecified atom stereocenters. The maximum absolute atomic E-state index is 13.0. The van der Waals surface area contributed by atoms with Crippen molar-refractivity contribution < 1.29 is 19.1 Å². The minimum atomic E-state index is -0.599. The third-order valence-corrected chi connectivity index (χ3v) is 6.00. The molecule has 8 heteroatoms. The number of ether oxygens (including phenoxy) is 1. The van der Waals surface area contributed by atoms with Crippen LogP contribution in [0, 0.1) is 20.8 Å². The van der Waals surface area contributed by atoms with Crippen molar-refractivity contribution in [1.82, 2.24) is 0 Å². The Morgan fingerprint density at radius 1 is 0.853 bits per heavy atom. The molecular weight excluding hydrogens is 475 g/mol. The lowest BCUT2D eigenvalue weighted by atomic mass is 10.1. The lowest BCUT2D eigenvalue weighted by molar-refractivity contribution is -0.120. The molecule has 1 aliphatic heterocycles. The van der Waals surface area contributed by atoms with Crippen LogP contribution in [0.3, 0.4) is 0 Å². The number of hydrogen-bond donors (Lipinski definition) is 1. The van der Waals surface area contributed by atoms with Crippen molar-refractivity contribution in [3.8, 4) is 5.75 Å². The molecular formula is C26H20Cl2N2O4. The standard InChI is InChI=1S/C26H20Cl2N2O4/c1-14-10-15(2)12-19(11-14)30-24(31)22(28)23(25(30)32)29-18-6-4-17(5-7-18)26(33)34-20-8-9-21(27)16(3)13-20/h4-13,29H,1-3H3. The number of imide groups is 1. The molecule has 0 aliphatic carbocycles. The Bertz CT molecular complexity index is 1340. The van der Waals surface area contributed by atoms with Crippen LogP contribution in [0.4, 0.5) is 11.4 Å². The second-order valence-corrected chi connectivity index (χ2v) is 8.77. The molecule has 0 radical (unpaired) electrons. The van der Waals surface area contributed by atoms with Crippen molar-refractivity contribution in [2.45, 2.75) is 20.8 Å². The largest absolute Gasteiger partial charge is 0.423 e. The van der Waals surface area contributed by atoms with Crippen molar-refractivity contribution in [2.24, 2.45) is 0 Å². The van der Waals surface area contributed by atoms with Gasteiger partial charge >= 0.3 is 5.97 Å². The highest BCUT2D eigenvalue weighted by atomic mass is 35.5. The van der Waals surface area contributed by atoms with E-state index in [2.05, 4.69) is 5.32 Å². The topological polar surface area (TPSA) is 75.7 Å². The van der Waals surface area contributed by atoms with E-state index < -0.39 is 17.8 Å². The SMILES string of the molecule is Cc1cc(C)cc(N2C(=O)C(Cl)=C(Nc3ccc(C(=O)Oc4ccc(Cl)c(C)c4)cc3)C2=O)c1. The minimum absolute atomic E-state index is 0.0298. The first-order valence-electron chi connectivity index (χ1n) is 10.4. The first-order valence-corrected chi connectivity index (χ1v) is 11.1. The fraction of sp³-hybridized carbons (Fsp3) is 0.115. The number of halogens is 2. The molecule has 3 aromatic carbocycles. The van der Waals surface area contributed by atoms with Crippen molar-refractivity contribution in [3.05, 3.63) is 98.7 Å². The number of anilines is 2. The van der Waals surface area contributed by atoms with Crippen LogP contribution < -0.4 is 15.0 Å². The van der Waals surface area contributed by atoms with Gasteiger partial charge in [-0.3, -0.25) is 9.59 Å². The maximum atomic E-state index is 13.0. The van der Waals surface area contributed by atoms with Crippen LogP contribution in [-0.4, -0.2) is 17.8 Å². The highest BCUT2D eigenvalue weighted by Gasteiger charge is 2.39. The summed E-state index contributed by atoms with van der Waals surface area (Å²) in [4.78, 5) is 39.2. The van der Waals surface area contributed by atoms with Gasteiger partial charge in [0.25, 0.3) is 11.8 Å². The second-order valence-electron chi connectivity index (χ2n) is 7.98. The Kier molecular flexibility index (Phi) is 6.46. The number of carbonyl (C=O) groups is 3. The molecule has 0 saturated carbocycles. The summed E-state index contributed by atoms with van der Waals surface area (Å²) < 4.78 is 5.39. The van der Waals surface area contributed by atoms with Crippen LogP contribution in [0.15, 0.2) is 71.4 Å². The van der Waals surface area contributed by atoms with Crippen LogP contribution in [-0.2, 0) is 9.59 Å². The molecule has 0 atom stereocenters. The molecule has 2 amide bonds. The number of nitrogens with zero attached hydrogens (tertiary/aromatic N) is 1. The molecule has 0 fully saturated rings. The number of carbonyl (C=O) groups excluding carboxylic acids is 3. The Balaban J connectivity index is 1.49. The van der Waals surface area contributed by atoms with E-state index in [4.69, 9.17) is 27.9 Å². The molecule has 34 heavy (non-hydrogen) atoms. The van der Waals surface area contributed by atoms with Crippen molar-refractivity contribution >= 4 is 52.4 Å². The van der Waals surface area contributed by atoms with Crippen LogP contribution in [0.2, 0.25) is 5.02 Å². The molecule has 0 aromatic heterocycles. The third-order valence-electron chi connectivity index (χ3n) is 5.22. The van der Waals surface area contributed by atoms with E-state index in [1.807, 2.05) is 26.8 Å². The molecule has 4 rings (SSSR count). The zero-order valence-corrected chi connectivity index (χ0v) is 20.1. The first-order chi connectivity index (χ1) is 16.1. The lowest BCUT2D eigenvalue weighted by Crippen LogP contribution is -2.32. The molecule has 1 heterocycles. The Morgan fingerprint density at radius 2 is 1.50 bits per heavy atom. The minimum Gasteiger partial charge on any atom is -0.423 e. The van der Waals surface area contributed by atoms with E-state index in [0.717, 1.165) is 21.6 Å². The van der Waals surface area contributed by atoms with Crippen molar-refractivity contribution in [3.63, 3.8) is 0 Å². The summed E-state index contributed by atoms with van der Waals surface area (Å²) in [5.41, 5.74) is 3.85. The summed E-state index contributed by atoms with van der Waals surface area (Å²) in [5.74, 6) is -1.31. The Morgan fingerprint density at radius 3 is 2.12 bits per heavy atom. The molecule has 1 N–H and O–H groups in total. The number of benzene rings is 3. The molecule has 1 aliphatic rings. The van der Waals surface area contributed by atoms with E-state index in [-0.39, 0.29) is 10.7 Å². The van der Waals surface area contributed by atoms with Gasteiger partial charge in [0.2, 0.25) is 0 Å². The number of rotatable bonds is 5. The van der Waals surface area contributed by atoms with Gasteiger partial charge in [-0.05, 0) is 92.1 Å². The number of amides is 2. The normalized spacial score (nSPS) is 13.5. The average molecular weight is 495 g/mol. The second kappa shape index (κ2) is 9.33. The number of nitrogens with one attached hydrogen (secondary N) is 1. The predicted molar refractivity (Wildman–Crippen MR) is 133 cm³/mol. The van der Waals surface area contributed by atoms with Gasteiger partial charge in [0.05, 0.1) is 11.3 Å². The van der Waals surface area contributed by atoms with Gasteiger partial charge in [-0.15, -0.1) is 0 Å². The Labute approximate surface area is 206 Å². The van der Waals surface area contributed by atoms with E-state index in [0.29, 0.717) is 27.7 Å². The molecule has 3 aromatic rings. The summed E-state index contributed by atoms with van der Waals surface area (Å²) in [6.07, 6.45) is 0. The first kappa shape index (κ1) is 23.5. The number of hydrogen-bond acceptors (Lipinski definition) is 5. The van der Waals surface area contributed by atoms with Crippen molar-refractivity contribution in [2.75, 3.05) is 10.2 Å². The van der Waals surface area contributed by atoms with Gasteiger partial charge < -0.3 is 10.1 Å². The van der Waals surface area contributed by atoms with E-state index >= 15 is 0 Å². The van der Waals surface area contributed by atoms with Crippen LogP contribution >= 0.6 is 23.2 Å². The van der Waals surface area contributed by atoms with Gasteiger partial charge in [-0.2, -0.15) is 0 Å². The number of esters is 1. The summed E-state index contributed by atoms with van der Waals surface area (Å²) in [5, 5.41) is 3.28. The molecule has 0 spiro atoms. The van der Waals surface area contributed by atoms with E-state index in [1.165, 1.54) is 0 Å². The predicted octanol–water partition coefficient (Wildman–Crippen LogP) is 5.92. The summed E-state index contributed by atoms with van der Waals surface area (Å²) >= 11 is 12.2. The van der Waals surface area contributed by atoms with Gasteiger partial charge in [0, 0.05) is 10.7 Å². The molecule has 0 bridgehead atoms. The number of aryl methyl sites for hydroxylation is 3. The summed E-state index contributed by atoms with van der Waals surface area (Å²) in [6.45, 7) is 5.59. The third kappa shape index (κ3) is 4.69. The molecule has 0 saturated heterocycles. The van der Waals surface area contributed by atoms with E-state index in [1.54, 1.807) is 54.6 Å². The smallest absolute Gasteiger partial charge is 0.343 e. The van der Waals surface area contributed by atoms with Crippen LogP contribution in [0.5, 0.6) is 5.75 Å².